The minimum atomic E-state index is -1.52. The molecule has 0 spiro atoms. The molecule has 1 unspecified atom stereocenters. The van der Waals surface area contributed by atoms with Gasteiger partial charge < -0.3 is 10.0 Å². The smallest absolute Gasteiger partial charge is 0.122 e. The highest BCUT2D eigenvalue weighted by Gasteiger charge is 2.22. The Hall–Kier alpha value is -1.15. The first-order valence-electron chi connectivity index (χ1n) is 7.61. The lowest BCUT2D eigenvalue weighted by Gasteiger charge is -2.20. The molecule has 0 saturated carbocycles. The topological polar surface area (TPSA) is 23.5 Å². The normalized spacial score (nSPS) is 12.5. The van der Waals surface area contributed by atoms with Crippen LogP contribution in [-0.4, -0.2) is 32.2 Å². The Bertz CT molecular complexity index is 650. The lowest BCUT2D eigenvalue weighted by atomic mass is 10.2. The molecule has 0 fully saturated rings. The quantitative estimate of drug-likeness (QED) is 0.672. The van der Waals surface area contributed by atoms with Gasteiger partial charge in [0.1, 0.15) is 5.75 Å². The zero-order valence-electron chi connectivity index (χ0n) is 14.1. The minimum Gasteiger partial charge on any atom is -0.507 e. The van der Waals surface area contributed by atoms with E-state index in [4.69, 9.17) is 0 Å². The second-order valence-corrected chi connectivity index (χ2v) is 13.3. The van der Waals surface area contributed by atoms with Crippen LogP contribution in [0.1, 0.15) is 5.56 Å². The van der Waals surface area contributed by atoms with Gasteiger partial charge in [-0.3, -0.25) is 0 Å². The maximum atomic E-state index is 10.7. The van der Waals surface area contributed by atoms with Crippen LogP contribution in [0.4, 0.5) is 0 Å². The zero-order valence-corrected chi connectivity index (χ0v) is 16.1. The molecule has 118 valence electrons. The summed E-state index contributed by atoms with van der Waals surface area (Å²) >= 11 is 0. The Morgan fingerprint density at radius 3 is 2.23 bits per heavy atom. The van der Waals surface area contributed by atoms with E-state index in [9.17, 15) is 5.11 Å². The van der Waals surface area contributed by atoms with Crippen molar-refractivity contribution in [3.8, 4) is 5.75 Å². The molecule has 2 rings (SSSR count). The number of hydrogen-bond acceptors (Lipinski definition) is 2. The summed E-state index contributed by atoms with van der Waals surface area (Å²) in [7, 11) is 3.15. The van der Waals surface area contributed by atoms with Crippen LogP contribution in [0.3, 0.4) is 0 Å². The molecule has 0 radical (unpaired) electrons. The summed E-state index contributed by atoms with van der Waals surface area (Å²) in [6.07, 6.45) is 0. The SMILES string of the molecule is CN(C)Cc1ccccc1Pc1cccc([Si](C)(C)C)c1O. The highest BCUT2D eigenvalue weighted by Crippen LogP contribution is 2.21. The third kappa shape index (κ3) is 4.19. The number of nitrogens with zero attached hydrogens (tertiary/aromatic N) is 1. The van der Waals surface area contributed by atoms with Gasteiger partial charge in [0.25, 0.3) is 0 Å². The first kappa shape index (κ1) is 17.2. The lowest BCUT2D eigenvalue weighted by Crippen LogP contribution is -2.39. The van der Waals surface area contributed by atoms with Gasteiger partial charge >= 0.3 is 0 Å². The van der Waals surface area contributed by atoms with E-state index >= 15 is 0 Å². The summed E-state index contributed by atoms with van der Waals surface area (Å²) in [4.78, 5) is 2.18. The Balaban J connectivity index is 2.36. The molecule has 4 heteroatoms. The van der Waals surface area contributed by atoms with Gasteiger partial charge in [-0.05, 0) is 30.2 Å². The monoisotopic (exact) mass is 331 g/mol. The van der Waals surface area contributed by atoms with Gasteiger partial charge in [0.15, 0.2) is 0 Å². The van der Waals surface area contributed by atoms with Crippen LogP contribution in [0, 0.1) is 0 Å². The van der Waals surface area contributed by atoms with Crippen LogP contribution in [0.5, 0.6) is 5.75 Å². The molecule has 0 heterocycles. The second-order valence-electron chi connectivity index (χ2n) is 6.97. The lowest BCUT2D eigenvalue weighted by molar-refractivity contribution is 0.403. The predicted octanol–water partition coefficient (Wildman–Crippen LogP) is 2.63. The highest BCUT2D eigenvalue weighted by atomic mass is 31.1. The molecule has 2 nitrogen and oxygen atoms in total. The number of phenols is 1. The van der Waals surface area contributed by atoms with E-state index in [1.165, 1.54) is 10.9 Å². The van der Waals surface area contributed by atoms with Gasteiger partial charge in [-0.1, -0.05) is 70.7 Å². The summed E-state index contributed by atoms with van der Waals surface area (Å²) in [6, 6.07) is 14.8. The van der Waals surface area contributed by atoms with Crippen LogP contribution in [0.15, 0.2) is 42.5 Å². The molecule has 0 aliphatic heterocycles. The van der Waals surface area contributed by atoms with E-state index in [0.717, 1.165) is 17.0 Å². The van der Waals surface area contributed by atoms with Crippen molar-refractivity contribution in [2.24, 2.45) is 0 Å². The van der Waals surface area contributed by atoms with Crippen molar-refractivity contribution in [1.82, 2.24) is 4.90 Å². The number of para-hydroxylation sites is 1. The molecule has 0 aliphatic carbocycles. The van der Waals surface area contributed by atoms with Gasteiger partial charge in [-0.15, -0.1) is 0 Å². The van der Waals surface area contributed by atoms with Crippen molar-refractivity contribution in [3.63, 3.8) is 0 Å². The fourth-order valence-electron chi connectivity index (χ4n) is 2.52. The Labute approximate surface area is 137 Å². The summed E-state index contributed by atoms with van der Waals surface area (Å²) in [5.74, 6) is 0.514. The predicted molar refractivity (Wildman–Crippen MR) is 103 cm³/mol. The van der Waals surface area contributed by atoms with E-state index < -0.39 is 8.07 Å². The molecule has 0 bridgehead atoms. The van der Waals surface area contributed by atoms with Crippen molar-refractivity contribution in [3.05, 3.63) is 48.0 Å². The Morgan fingerprint density at radius 1 is 0.955 bits per heavy atom. The van der Waals surface area contributed by atoms with Crippen molar-refractivity contribution in [2.45, 2.75) is 26.2 Å². The molecule has 1 atom stereocenters. The standard InChI is InChI=1S/C18H26NOPSi/c1-19(2)13-14-9-6-7-10-15(14)21-16-11-8-12-17(18(16)20)22(3,4)5/h6-12,20-21H,13H2,1-5H3. The first-order valence-corrected chi connectivity index (χ1v) is 12.1. The molecular formula is C18H26NOPSi. The fraction of sp³-hybridized carbons (Fsp3) is 0.333. The van der Waals surface area contributed by atoms with Crippen LogP contribution in [-0.2, 0) is 6.54 Å². The first-order chi connectivity index (χ1) is 10.3. The van der Waals surface area contributed by atoms with Crippen molar-refractivity contribution >= 4 is 32.5 Å². The van der Waals surface area contributed by atoms with Crippen molar-refractivity contribution in [2.75, 3.05) is 14.1 Å². The van der Waals surface area contributed by atoms with Gasteiger partial charge in [0.2, 0.25) is 0 Å². The summed E-state index contributed by atoms with van der Waals surface area (Å²) in [5, 5.41) is 14.2. The molecule has 2 aromatic carbocycles. The third-order valence-corrected chi connectivity index (χ3v) is 7.07. The maximum Gasteiger partial charge on any atom is 0.122 e. The number of aromatic hydroxyl groups is 1. The van der Waals surface area contributed by atoms with E-state index in [-0.39, 0.29) is 0 Å². The van der Waals surface area contributed by atoms with E-state index in [2.05, 4.69) is 81.1 Å². The summed E-state index contributed by atoms with van der Waals surface area (Å²) in [6.45, 7) is 7.75. The summed E-state index contributed by atoms with van der Waals surface area (Å²) < 4.78 is 0. The van der Waals surface area contributed by atoms with E-state index in [1.54, 1.807) is 0 Å². The number of phenolic OH excluding ortho intramolecular Hbond substituents is 1. The average molecular weight is 331 g/mol. The Morgan fingerprint density at radius 2 is 1.59 bits per heavy atom. The van der Waals surface area contributed by atoms with Crippen molar-refractivity contribution in [1.29, 1.82) is 0 Å². The van der Waals surface area contributed by atoms with Crippen LogP contribution in [0.25, 0.3) is 0 Å². The molecule has 0 aliphatic rings. The molecule has 22 heavy (non-hydrogen) atoms. The van der Waals surface area contributed by atoms with Crippen LogP contribution >= 0.6 is 8.58 Å². The van der Waals surface area contributed by atoms with Gasteiger partial charge in [0.05, 0.1) is 8.07 Å². The fourth-order valence-corrected chi connectivity index (χ4v) is 5.31. The number of rotatable bonds is 5. The van der Waals surface area contributed by atoms with Crippen molar-refractivity contribution < 1.29 is 5.11 Å². The molecular weight excluding hydrogens is 305 g/mol. The second kappa shape index (κ2) is 6.95. The van der Waals surface area contributed by atoms with E-state index in [0.29, 0.717) is 14.3 Å². The molecule has 0 saturated heterocycles. The number of benzene rings is 2. The third-order valence-electron chi connectivity index (χ3n) is 3.62. The Kier molecular flexibility index (Phi) is 5.44. The van der Waals surface area contributed by atoms with Gasteiger partial charge in [-0.25, -0.2) is 0 Å². The van der Waals surface area contributed by atoms with Gasteiger partial charge in [0, 0.05) is 11.8 Å². The molecule has 2 aromatic rings. The molecule has 1 N–H and O–H groups in total. The molecule has 0 amide bonds. The maximum absolute atomic E-state index is 10.7. The zero-order chi connectivity index (χ0) is 16.3. The summed E-state index contributed by atoms with van der Waals surface area (Å²) in [5.41, 5.74) is 1.34. The van der Waals surface area contributed by atoms with E-state index in [1.807, 2.05) is 0 Å². The van der Waals surface area contributed by atoms with Crippen LogP contribution in [0.2, 0.25) is 19.6 Å². The highest BCUT2D eigenvalue weighted by molar-refractivity contribution is 7.56. The number of hydrogen-bond donors (Lipinski definition) is 1. The average Bonchev–Trinajstić information content (AvgIpc) is 2.41. The van der Waals surface area contributed by atoms with Gasteiger partial charge in [-0.2, -0.15) is 0 Å². The largest absolute Gasteiger partial charge is 0.507 e. The van der Waals surface area contributed by atoms with Crippen LogP contribution < -0.4 is 15.8 Å². The molecule has 0 aromatic heterocycles. The minimum absolute atomic E-state index is 0.495.